The van der Waals surface area contributed by atoms with Gasteiger partial charge < -0.3 is 14.9 Å². The van der Waals surface area contributed by atoms with Crippen LogP contribution in [0.15, 0.2) is 18.2 Å². The SMILES string of the molecule is CC(C)C(=O)OCc1cccc(O)c1CO. The zero-order valence-corrected chi connectivity index (χ0v) is 9.43. The van der Waals surface area contributed by atoms with E-state index >= 15 is 0 Å². The molecule has 0 aliphatic rings. The molecule has 0 spiro atoms. The molecule has 4 nitrogen and oxygen atoms in total. The number of ether oxygens (including phenoxy) is 1. The summed E-state index contributed by atoms with van der Waals surface area (Å²) < 4.78 is 5.03. The van der Waals surface area contributed by atoms with Gasteiger partial charge in [-0.1, -0.05) is 26.0 Å². The van der Waals surface area contributed by atoms with E-state index < -0.39 is 0 Å². The summed E-state index contributed by atoms with van der Waals surface area (Å²) in [6, 6.07) is 4.84. The van der Waals surface area contributed by atoms with Gasteiger partial charge in [-0.25, -0.2) is 0 Å². The Morgan fingerprint density at radius 2 is 2.12 bits per heavy atom. The van der Waals surface area contributed by atoms with Gasteiger partial charge in [0.15, 0.2) is 0 Å². The van der Waals surface area contributed by atoms with Crippen molar-refractivity contribution in [3.05, 3.63) is 29.3 Å². The molecule has 0 aliphatic carbocycles. The predicted octanol–water partition coefficient (Wildman–Crippen LogP) is 1.58. The minimum Gasteiger partial charge on any atom is -0.508 e. The van der Waals surface area contributed by atoms with Crippen molar-refractivity contribution in [2.45, 2.75) is 27.1 Å². The molecule has 0 unspecified atom stereocenters. The normalized spacial score (nSPS) is 10.5. The third kappa shape index (κ3) is 2.97. The van der Waals surface area contributed by atoms with Crippen LogP contribution in [0.5, 0.6) is 5.75 Å². The number of carbonyl (C=O) groups is 1. The fourth-order valence-corrected chi connectivity index (χ4v) is 1.25. The van der Waals surface area contributed by atoms with Crippen molar-refractivity contribution in [1.29, 1.82) is 0 Å². The number of hydrogen-bond acceptors (Lipinski definition) is 4. The second-order valence-corrected chi connectivity index (χ2v) is 3.84. The highest BCUT2D eigenvalue weighted by atomic mass is 16.5. The third-order valence-electron chi connectivity index (χ3n) is 2.25. The zero-order valence-electron chi connectivity index (χ0n) is 9.43. The van der Waals surface area contributed by atoms with E-state index in [-0.39, 0.29) is 30.9 Å². The van der Waals surface area contributed by atoms with Crippen LogP contribution in [0.25, 0.3) is 0 Å². The van der Waals surface area contributed by atoms with E-state index in [0.717, 1.165) is 0 Å². The van der Waals surface area contributed by atoms with Crippen LogP contribution in [0, 0.1) is 5.92 Å². The molecule has 0 heterocycles. The van der Waals surface area contributed by atoms with Crippen LogP contribution in [0.1, 0.15) is 25.0 Å². The Kier molecular flexibility index (Phi) is 4.31. The number of aliphatic hydroxyl groups is 1. The maximum Gasteiger partial charge on any atom is 0.308 e. The largest absolute Gasteiger partial charge is 0.508 e. The van der Waals surface area contributed by atoms with E-state index in [4.69, 9.17) is 9.84 Å². The Bertz CT molecular complexity index is 371. The first kappa shape index (κ1) is 12.5. The first-order valence-electron chi connectivity index (χ1n) is 5.13. The molecular weight excluding hydrogens is 208 g/mol. The Morgan fingerprint density at radius 1 is 1.44 bits per heavy atom. The second-order valence-electron chi connectivity index (χ2n) is 3.84. The smallest absolute Gasteiger partial charge is 0.308 e. The molecule has 88 valence electrons. The molecule has 1 aromatic carbocycles. The standard InChI is InChI=1S/C12H16O4/c1-8(2)12(15)16-7-9-4-3-5-11(14)10(9)6-13/h3-5,8,13-14H,6-7H2,1-2H3. The molecule has 2 N–H and O–H groups in total. The van der Waals surface area contributed by atoms with Crippen molar-refractivity contribution in [2.24, 2.45) is 5.92 Å². The molecule has 0 fully saturated rings. The van der Waals surface area contributed by atoms with E-state index in [2.05, 4.69) is 0 Å². The topological polar surface area (TPSA) is 66.8 Å². The van der Waals surface area contributed by atoms with Gasteiger partial charge in [-0.2, -0.15) is 0 Å². The van der Waals surface area contributed by atoms with Crippen molar-refractivity contribution >= 4 is 5.97 Å². The summed E-state index contributed by atoms with van der Waals surface area (Å²) in [6.45, 7) is 3.29. The Labute approximate surface area is 94.5 Å². The molecular formula is C12H16O4. The number of phenols is 1. The lowest BCUT2D eigenvalue weighted by molar-refractivity contribution is -0.148. The molecule has 0 aromatic heterocycles. The van der Waals surface area contributed by atoms with Crippen LogP contribution in [-0.2, 0) is 22.7 Å². The molecule has 1 aromatic rings. The van der Waals surface area contributed by atoms with Crippen molar-refractivity contribution in [3.63, 3.8) is 0 Å². The maximum atomic E-state index is 11.3. The van der Waals surface area contributed by atoms with E-state index in [1.54, 1.807) is 26.0 Å². The van der Waals surface area contributed by atoms with Gasteiger partial charge in [0, 0.05) is 5.56 Å². The highest BCUT2D eigenvalue weighted by molar-refractivity contribution is 5.71. The van der Waals surface area contributed by atoms with Crippen molar-refractivity contribution in [1.82, 2.24) is 0 Å². The molecule has 0 atom stereocenters. The summed E-state index contributed by atoms with van der Waals surface area (Å²) in [5.41, 5.74) is 1.02. The number of carbonyl (C=O) groups excluding carboxylic acids is 1. The number of aromatic hydroxyl groups is 1. The molecule has 4 heteroatoms. The Hall–Kier alpha value is -1.55. The maximum absolute atomic E-state index is 11.3. The van der Waals surface area contributed by atoms with Crippen LogP contribution in [0.3, 0.4) is 0 Å². The molecule has 0 amide bonds. The van der Waals surface area contributed by atoms with Gasteiger partial charge in [-0.15, -0.1) is 0 Å². The molecule has 0 aliphatic heterocycles. The number of aliphatic hydroxyl groups excluding tert-OH is 1. The van der Waals surface area contributed by atoms with Gasteiger partial charge in [0.25, 0.3) is 0 Å². The zero-order chi connectivity index (χ0) is 12.1. The molecule has 1 rings (SSSR count). The average Bonchev–Trinajstić information content (AvgIpc) is 2.25. The number of hydrogen-bond donors (Lipinski definition) is 2. The van der Waals surface area contributed by atoms with Gasteiger partial charge in [-0.3, -0.25) is 4.79 Å². The number of rotatable bonds is 4. The lowest BCUT2D eigenvalue weighted by Gasteiger charge is -2.11. The summed E-state index contributed by atoms with van der Waals surface area (Å²) in [5.74, 6) is -0.470. The van der Waals surface area contributed by atoms with Gasteiger partial charge in [0.2, 0.25) is 0 Å². The van der Waals surface area contributed by atoms with E-state index in [1.165, 1.54) is 6.07 Å². The van der Waals surface area contributed by atoms with Gasteiger partial charge in [-0.05, 0) is 11.6 Å². The minimum absolute atomic E-state index is 0.0144. The van der Waals surface area contributed by atoms with Crippen LogP contribution in [-0.4, -0.2) is 16.2 Å². The van der Waals surface area contributed by atoms with E-state index in [0.29, 0.717) is 11.1 Å². The van der Waals surface area contributed by atoms with Crippen LogP contribution in [0.2, 0.25) is 0 Å². The van der Waals surface area contributed by atoms with Gasteiger partial charge >= 0.3 is 5.97 Å². The second kappa shape index (κ2) is 5.51. The minimum atomic E-state index is -0.299. The van der Waals surface area contributed by atoms with Crippen molar-refractivity contribution in [2.75, 3.05) is 0 Å². The molecule has 0 bridgehead atoms. The summed E-state index contributed by atoms with van der Waals surface area (Å²) in [5, 5.41) is 18.5. The van der Waals surface area contributed by atoms with Crippen molar-refractivity contribution in [3.8, 4) is 5.75 Å². The summed E-state index contributed by atoms with van der Waals surface area (Å²) in [7, 11) is 0. The number of benzene rings is 1. The molecule has 0 saturated carbocycles. The summed E-state index contributed by atoms with van der Waals surface area (Å²) in [6.07, 6.45) is 0. The average molecular weight is 224 g/mol. The Morgan fingerprint density at radius 3 is 2.69 bits per heavy atom. The lowest BCUT2D eigenvalue weighted by Crippen LogP contribution is -2.12. The molecule has 0 saturated heterocycles. The van der Waals surface area contributed by atoms with Crippen LogP contribution in [0.4, 0.5) is 0 Å². The quantitative estimate of drug-likeness (QED) is 0.762. The van der Waals surface area contributed by atoms with Gasteiger partial charge in [0.1, 0.15) is 12.4 Å². The van der Waals surface area contributed by atoms with E-state index in [1.807, 2.05) is 0 Å². The molecule has 16 heavy (non-hydrogen) atoms. The fourth-order valence-electron chi connectivity index (χ4n) is 1.25. The van der Waals surface area contributed by atoms with Crippen LogP contribution < -0.4 is 0 Å². The fraction of sp³-hybridized carbons (Fsp3) is 0.417. The van der Waals surface area contributed by atoms with Gasteiger partial charge in [0.05, 0.1) is 12.5 Å². The monoisotopic (exact) mass is 224 g/mol. The highest BCUT2D eigenvalue weighted by Gasteiger charge is 2.11. The first-order chi connectivity index (χ1) is 7.56. The third-order valence-corrected chi connectivity index (χ3v) is 2.25. The predicted molar refractivity (Wildman–Crippen MR) is 58.7 cm³/mol. The first-order valence-corrected chi connectivity index (χ1v) is 5.13. The number of esters is 1. The summed E-state index contributed by atoms with van der Waals surface area (Å²) >= 11 is 0. The Balaban J connectivity index is 2.74. The van der Waals surface area contributed by atoms with Crippen LogP contribution >= 0.6 is 0 Å². The van der Waals surface area contributed by atoms with Crippen molar-refractivity contribution < 1.29 is 19.7 Å². The highest BCUT2D eigenvalue weighted by Crippen LogP contribution is 2.21. The lowest BCUT2D eigenvalue weighted by atomic mass is 10.1. The molecule has 0 radical (unpaired) electrons. The summed E-state index contributed by atoms with van der Waals surface area (Å²) in [4.78, 5) is 11.3. The van der Waals surface area contributed by atoms with E-state index in [9.17, 15) is 9.90 Å².